The standard InChI is InChI=1S/C24H22Cl3N3O4/c1-15-11-20(32)21-23(19(27)14-28-24(21)34-10-7-31)30(15)22-17(25)12-16(13-18(22)26)3-2-4-29-5-8-33-9-6-29/h11-14,31H,4-10H2,1H3. The predicted octanol–water partition coefficient (Wildman–Crippen LogP) is 3.71. The van der Waals surface area contributed by atoms with E-state index in [-0.39, 0.29) is 34.9 Å². The summed E-state index contributed by atoms with van der Waals surface area (Å²) < 4.78 is 12.5. The smallest absolute Gasteiger partial charge is 0.227 e. The lowest BCUT2D eigenvalue weighted by atomic mass is 10.1. The number of pyridine rings is 2. The van der Waals surface area contributed by atoms with Crippen molar-refractivity contribution in [3.8, 4) is 23.4 Å². The summed E-state index contributed by atoms with van der Waals surface area (Å²) in [6, 6.07) is 4.91. The molecule has 0 saturated carbocycles. The molecule has 2 aromatic heterocycles. The molecule has 10 heteroatoms. The number of halogens is 3. The van der Waals surface area contributed by atoms with E-state index in [1.807, 2.05) is 0 Å². The molecule has 1 saturated heterocycles. The van der Waals surface area contributed by atoms with Crippen molar-refractivity contribution < 1.29 is 14.6 Å². The van der Waals surface area contributed by atoms with Crippen LogP contribution in [0.2, 0.25) is 15.1 Å². The molecule has 1 N–H and O–H groups in total. The first-order valence-corrected chi connectivity index (χ1v) is 11.8. The lowest BCUT2D eigenvalue weighted by molar-refractivity contribution is 0.0443. The van der Waals surface area contributed by atoms with Gasteiger partial charge in [0.2, 0.25) is 5.88 Å². The highest BCUT2D eigenvalue weighted by atomic mass is 35.5. The first-order chi connectivity index (χ1) is 16.4. The molecule has 1 aliphatic rings. The van der Waals surface area contributed by atoms with Gasteiger partial charge in [0.1, 0.15) is 12.0 Å². The summed E-state index contributed by atoms with van der Waals surface area (Å²) >= 11 is 19.9. The number of aryl methyl sites for hydroxylation is 1. The lowest BCUT2D eigenvalue weighted by Crippen LogP contribution is -2.36. The number of rotatable bonds is 5. The average Bonchev–Trinajstić information content (AvgIpc) is 2.81. The molecule has 0 amide bonds. The van der Waals surface area contributed by atoms with Crippen LogP contribution in [-0.4, -0.2) is 65.6 Å². The van der Waals surface area contributed by atoms with Gasteiger partial charge in [-0.3, -0.25) is 9.69 Å². The van der Waals surface area contributed by atoms with Crippen molar-refractivity contribution in [3.63, 3.8) is 0 Å². The van der Waals surface area contributed by atoms with Crippen LogP contribution in [0.1, 0.15) is 11.3 Å². The number of nitrogens with zero attached hydrogens (tertiary/aromatic N) is 3. The van der Waals surface area contributed by atoms with Crippen molar-refractivity contribution >= 4 is 45.7 Å². The zero-order valence-electron chi connectivity index (χ0n) is 18.4. The minimum absolute atomic E-state index is 0.0175. The van der Waals surface area contributed by atoms with Crippen LogP contribution < -0.4 is 10.2 Å². The van der Waals surface area contributed by atoms with Gasteiger partial charge in [-0.1, -0.05) is 46.6 Å². The van der Waals surface area contributed by atoms with Crippen LogP contribution in [-0.2, 0) is 4.74 Å². The Labute approximate surface area is 211 Å². The summed E-state index contributed by atoms with van der Waals surface area (Å²) in [5.74, 6) is 6.35. The second-order valence-electron chi connectivity index (χ2n) is 7.67. The van der Waals surface area contributed by atoms with Crippen molar-refractivity contribution in [3.05, 3.63) is 60.9 Å². The molecule has 34 heavy (non-hydrogen) atoms. The fourth-order valence-corrected chi connectivity index (χ4v) is 4.69. The van der Waals surface area contributed by atoms with Gasteiger partial charge in [-0.05, 0) is 19.1 Å². The fraction of sp³-hybridized carbons (Fsp3) is 0.333. The molecule has 3 heterocycles. The van der Waals surface area contributed by atoms with Crippen molar-refractivity contribution in [2.24, 2.45) is 0 Å². The predicted molar refractivity (Wildman–Crippen MR) is 134 cm³/mol. The molecule has 0 bridgehead atoms. The van der Waals surface area contributed by atoms with Gasteiger partial charge in [-0.25, -0.2) is 4.98 Å². The van der Waals surface area contributed by atoms with E-state index in [0.717, 1.165) is 13.1 Å². The number of hydrogen-bond donors (Lipinski definition) is 1. The van der Waals surface area contributed by atoms with E-state index < -0.39 is 0 Å². The third kappa shape index (κ3) is 5.18. The van der Waals surface area contributed by atoms with Crippen LogP contribution in [0.3, 0.4) is 0 Å². The van der Waals surface area contributed by atoms with E-state index >= 15 is 0 Å². The largest absolute Gasteiger partial charge is 0.475 e. The number of aliphatic hydroxyl groups excluding tert-OH is 1. The zero-order valence-corrected chi connectivity index (χ0v) is 20.7. The Morgan fingerprint density at radius 2 is 1.85 bits per heavy atom. The molecule has 3 aromatic rings. The number of hydrogen-bond acceptors (Lipinski definition) is 6. The van der Waals surface area contributed by atoms with Crippen LogP contribution in [0, 0.1) is 18.8 Å². The molecule has 4 rings (SSSR count). The summed E-state index contributed by atoms with van der Waals surface area (Å²) in [7, 11) is 0. The van der Waals surface area contributed by atoms with E-state index in [1.54, 1.807) is 23.6 Å². The molecule has 178 valence electrons. The van der Waals surface area contributed by atoms with E-state index in [2.05, 4.69) is 21.7 Å². The summed E-state index contributed by atoms with van der Waals surface area (Å²) in [5.41, 5.74) is 1.77. The molecule has 0 aliphatic carbocycles. The van der Waals surface area contributed by atoms with Crippen molar-refractivity contribution in [2.75, 3.05) is 46.1 Å². The first kappa shape index (κ1) is 24.8. The number of morpholine rings is 1. The summed E-state index contributed by atoms with van der Waals surface area (Å²) in [5, 5.41) is 10.2. The zero-order chi connectivity index (χ0) is 24.2. The van der Waals surface area contributed by atoms with E-state index in [0.29, 0.717) is 52.3 Å². The van der Waals surface area contributed by atoms with Crippen LogP contribution in [0.25, 0.3) is 16.6 Å². The minimum atomic E-state index is -0.315. The van der Waals surface area contributed by atoms with Gasteiger partial charge in [0.15, 0.2) is 5.43 Å². The molecule has 0 spiro atoms. The van der Waals surface area contributed by atoms with Crippen LogP contribution in [0.5, 0.6) is 5.88 Å². The van der Waals surface area contributed by atoms with Crippen molar-refractivity contribution in [1.29, 1.82) is 0 Å². The average molecular weight is 523 g/mol. The molecule has 1 fully saturated rings. The SMILES string of the molecule is Cc1cc(=O)c2c(OCCO)ncc(Cl)c2n1-c1c(Cl)cc(C#CCN2CCOCC2)cc1Cl. The molecule has 0 unspecified atom stereocenters. The summed E-state index contributed by atoms with van der Waals surface area (Å²) in [4.78, 5) is 19.2. The highest BCUT2D eigenvalue weighted by Crippen LogP contribution is 2.36. The highest BCUT2D eigenvalue weighted by molar-refractivity contribution is 6.38. The Balaban J connectivity index is 1.79. The molecular formula is C24H22Cl3N3O4. The maximum absolute atomic E-state index is 12.8. The topological polar surface area (TPSA) is 76.8 Å². The third-order valence-electron chi connectivity index (χ3n) is 5.34. The number of benzene rings is 1. The number of fused-ring (bicyclic) bond motifs is 1. The maximum atomic E-state index is 12.8. The molecule has 0 atom stereocenters. The van der Waals surface area contributed by atoms with E-state index in [9.17, 15) is 4.79 Å². The second kappa shape index (κ2) is 11.0. The molecule has 0 radical (unpaired) electrons. The van der Waals surface area contributed by atoms with Gasteiger partial charge in [0.25, 0.3) is 0 Å². The molecule has 7 nitrogen and oxygen atoms in total. The Kier molecular flexibility index (Phi) is 7.99. The van der Waals surface area contributed by atoms with Crippen LogP contribution in [0.15, 0.2) is 29.2 Å². The number of aliphatic hydroxyl groups is 1. The van der Waals surface area contributed by atoms with Gasteiger partial charge < -0.3 is 19.1 Å². The second-order valence-corrected chi connectivity index (χ2v) is 8.89. The summed E-state index contributed by atoms with van der Waals surface area (Å²) in [6.07, 6.45) is 1.39. The minimum Gasteiger partial charge on any atom is -0.475 e. The van der Waals surface area contributed by atoms with E-state index in [4.69, 9.17) is 49.4 Å². The Hall–Kier alpha value is -2.31. The van der Waals surface area contributed by atoms with Crippen LogP contribution >= 0.6 is 34.8 Å². The van der Waals surface area contributed by atoms with Crippen molar-refractivity contribution in [1.82, 2.24) is 14.5 Å². The Morgan fingerprint density at radius 3 is 2.53 bits per heavy atom. The number of ether oxygens (including phenoxy) is 2. The van der Waals surface area contributed by atoms with Gasteiger partial charge in [-0.2, -0.15) is 0 Å². The summed E-state index contributed by atoms with van der Waals surface area (Å²) in [6.45, 7) is 5.28. The maximum Gasteiger partial charge on any atom is 0.227 e. The van der Waals surface area contributed by atoms with Crippen molar-refractivity contribution in [2.45, 2.75) is 6.92 Å². The van der Waals surface area contributed by atoms with E-state index in [1.165, 1.54) is 12.3 Å². The van der Waals surface area contributed by atoms with Gasteiger partial charge in [0.05, 0.1) is 58.8 Å². The Bertz CT molecular complexity index is 1320. The van der Waals surface area contributed by atoms with Gasteiger partial charge >= 0.3 is 0 Å². The van der Waals surface area contributed by atoms with Gasteiger partial charge in [-0.15, -0.1) is 0 Å². The monoisotopic (exact) mass is 521 g/mol. The quantitative estimate of drug-likeness (QED) is 0.515. The molecule has 1 aromatic carbocycles. The molecular weight excluding hydrogens is 501 g/mol. The normalized spacial score (nSPS) is 14.1. The van der Waals surface area contributed by atoms with Gasteiger partial charge in [0, 0.05) is 30.4 Å². The lowest BCUT2D eigenvalue weighted by Gasteiger charge is -2.24. The fourth-order valence-electron chi connectivity index (χ4n) is 3.81. The third-order valence-corrected chi connectivity index (χ3v) is 6.20. The number of aromatic nitrogens is 2. The van der Waals surface area contributed by atoms with Crippen LogP contribution in [0.4, 0.5) is 0 Å². The first-order valence-electron chi connectivity index (χ1n) is 10.6. The highest BCUT2D eigenvalue weighted by Gasteiger charge is 2.20. The molecule has 1 aliphatic heterocycles. The Morgan fingerprint density at radius 1 is 1.15 bits per heavy atom.